The number of benzene rings is 3. The van der Waals surface area contributed by atoms with Crippen molar-refractivity contribution in [3.05, 3.63) is 100 Å². The molecule has 0 spiro atoms. The summed E-state index contributed by atoms with van der Waals surface area (Å²) in [4.78, 5) is 40.6. The summed E-state index contributed by atoms with van der Waals surface area (Å²) < 4.78 is 22.7. The van der Waals surface area contributed by atoms with E-state index >= 15 is 4.39 Å². The molecule has 2 aliphatic rings. The summed E-state index contributed by atoms with van der Waals surface area (Å²) in [5.74, 6) is -1.65. The second-order valence-electron chi connectivity index (χ2n) is 11.6. The van der Waals surface area contributed by atoms with E-state index in [1.165, 1.54) is 64.5 Å². The molecule has 2 aliphatic heterocycles. The van der Waals surface area contributed by atoms with Crippen molar-refractivity contribution in [2.24, 2.45) is 5.92 Å². The Labute approximate surface area is 280 Å². The number of rotatable bonds is 10. The van der Waals surface area contributed by atoms with Crippen molar-refractivity contribution in [2.75, 3.05) is 31.6 Å². The first-order chi connectivity index (χ1) is 23.3. The molecule has 0 bridgehead atoms. The minimum absolute atomic E-state index is 0.00971. The smallest absolute Gasteiger partial charge is 0.335 e. The zero-order valence-electron chi connectivity index (χ0n) is 25.8. The van der Waals surface area contributed by atoms with Crippen LogP contribution in [0.25, 0.3) is 11.8 Å². The molecule has 2 amide bonds. The van der Waals surface area contributed by atoms with Crippen LogP contribution in [0.15, 0.2) is 67.0 Å². The molecule has 0 unspecified atom stereocenters. The Hall–Kier alpha value is -5.14. The molecule has 1 aromatic heterocycles. The monoisotopic (exact) mass is 673 g/mol. The number of amides is 2. The van der Waals surface area contributed by atoms with Gasteiger partial charge in [-0.15, -0.1) is 5.10 Å². The van der Waals surface area contributed by atoms with Crippen molar-refractivity contribution in [3.63, 3.8) is 0 Å². The summed E-state index contributed by atoms with van der Waals surface area (Å²) in [5.41, 5.74) is 2.12. The van der Waals surface area contributed by atoms with Gasteiger partial charge in [-0.05, 0) is 109 Å². The number of carboxylic acids is 1. The van der Waals surface area contributed by atoms with E-state index in [4.69, 9.17) is 16.3 Å². The fraction of sp³-hybridized carbons (Fsp3) is 0.294. The summed E-state index contributed by atoms with van der Waals surface area (Å²) in [6, 6.07) is 13.0. The summed E-state index contributed by atoms with van der Waals surface area (Å²) in [6.45, 7) is 2.72. The van der Waals surface area contributed by atoms with Gasteiger partial charge < -0.3 is 25.4 Å². The van der Waals surface area contributed by atoms with E-state index in [9.17, 15) is 19.5 Å². The lowest BCUT2D eigenvalue weighted by atomic mass is 9.90. The van der Waals surface area contributed by atoms with Crippen LogP contribution in [-0.2, 0) is 16.0 Å². The zero-order chi connectivity index (χ0) is 33.6. The average Bonchev–Trinajstić information content (AvgIpc) is 3.64. The van der Waals surface area contributed by atoms with Gasteiger partial charge in [-0.1, -0.05) is 23.7 Å². The Bertz CT molecular complexity index is 1830. The predicted octanol–water partition coefficient (Wildman–Crippen LogP) is 4.70. The third kappa shape index (κ3) is 7.21. The van der Waals surface area contributed by atoms with Gasteiger partial charge in [-0.25, -0.2) is 9.18 Å². The van der Waals surface area contributed by atoms with Crippen molar-refractivity contribution in [3.8, 4) is 11.4 Å². The van der Waals surface area contributed by atoms with Crippen molar-refractivity contribution >= 4 is 41.1 Å². The number of halogens is 2. The lowest BCUT2D eigenvalue weighted by molar-refractivity contribution is -0.135. The number of carbonyl (C=O) groups is 3. The first-order valence-electron chi connectivity index (χ1n) is 15.6. The topological polar surface area (TPSA) is 152 Å². The average molecular weight is 674 g/mol. The number of ether oxygens (including phenoxy) is 1. The number of carbonyl (C=O) groups excluding carboxylic acids is 2. The lowest BCUT2D eigenvalue weighted by Crippen LogP contribution is -2.44. The molecule has 48 heavy (non-hydrogen) atoms. The molecular formula is C34H33ClFN7O5. The normalized spacial score (nSPS) is 16.5. The number of nitrogens with one attached hydrogen (secondary N) is 2. The van der Waals surface area contributed by atoms with E-state index in [0.29, 0.717) is 35.9 Å². The van der Waals surface area contributed by atoms with E-state index in [1.807, 2.05) is 6.07 Å². The first-order valence-corrected chi connectivity index (χ1v) is 16.0. The highest BCUT2D eigenvalue weighted by atomic mass is 35.5. The summed E-state index contributed by atoms with van der Waals surface area (Å²) >= 11 is 6.07. The maximum absolute atomic E-state index is 15.2. The van der Waals surface area contributed by atoms with Crippen LogP contribution in [0.4, 0.5) is 10.1 Å². The van der Waals surface area contributed by atoms with Gasteiger partial charge in [-0.3, -0.25) is 9.59 Å². The molecule has 248 valence electrons. The van der Waals surface area contributed by atoms with Gasteiger partial charge in [0.2, 0.25) is 5.91 Å². The molecule has 1 atom stereocenters. The molecule has 0 saturated carbocycles. The number of nitrogens with zero attached hydrogens (tertiary/aromatic N) is 5. The molecule has 1 saturated heterocycles. The fourth-order valence-electron chi connectivity index (χ4n) is 6.14. The Morgan fingerprint density at radius 3 is 2.62 bits per heavy atom. The van der Waals surface area contributed by atoms with Crippen LogP contribution in [0.1, 0.15) is 52.4 Å². The highest BCUT2D eigenvalue weighted by Crippen LogP contribution is 2.37. The molecule has 12 nitrogen and oxygen atoms in total. The van der Waals surface area contributed by atoms with Gasteiger partial charge in [-0.2, -0.15) is 4.68 Å². The number of piperidine rings is 1. The van der Waals surface area contributed by atoms with Crippen LogP contribution in [-0.4, -0.2) is 74.2 Å². The van der Waals surface area contributed by atoms with Crippen LogP contribution in [0.2, 0.25) is 5.02 Å². The van der Waals surface area contributed by atoms with Crippen LogP contribution < -0.4 is 15.4 Å². The summed E-state index contributed by atoms with van der Waals surface area (Å²) in [5, 5.41) is 26.3. The zero-order valence-corrected chi connectivity index (χ0v) is 26.6. The Kier molecular flexibility index (Phi) is 10.1. The molecule has 6 rings (SSSR count). The van der Waals surface area contributed by atoms with Gasteiger partial charge in [0.25, 0.3) is 5.91 Å². The lowest BCUT2D eigenvalue weighted by Gasteiger charge is -2.36. The van der Waals surface area contributed by atoms with Crippen LogP contribution in [0, 0.1) is 11.7 Å². The fourth-order valence-corrected chi connectivity index (χ4v) is 6.30. The van der Waals surface area contributed by atoms with Crippen LogP contribution in [0.5, 0.6) is 5.75 Å². The van der Waals surface area contributed by atoms with Crippen molar-refractivity contribution < 1.29 is 28.6 Å². The Morgan fingerprint density at radius 1 is 1.10 bits per heavy atom. The minimum atomic E-state index is -1.09. The second kappa shape index (κ2) is 14.7. The van der Waals surface area contributed by atoms with E-state index in [0.717, 1.165) is 37.9 Å². The van der Waals surface area contributed by atoms with E-state index in [1.54, 1.807) is 12.1 Å². The Morgan fingerprint density at radius 2 is 1.90 bits per heavy atom. The summed E-state index contributed by atoms with van der Waals surface area (Å²) in [6.07, 6.45) is 7.32. The van der Waals surface area contributed by atoms with Gasteiger partial charge in [0.05, 0.1) is 22.9 Å². The maximum Gasteiger partial charge on any atom is 0.335 e. The van der Waals surface area contributed by atoms with Crippen LogP contribution in [0.3, 0.4) is 0 Å². The Balaban J connectivity index is 1.29. The molecule has 3 heterocycles. The third-order valence-electron chi connectivity index (χ3n) is 8.65. The number of aromatic nitrogens is 4. The quantitative estimate of drug-likeness (QED) is 0.204. The molecule has 3 N–H and O–H groups in total. The molecule has 14 heteroatoms. The highest BCUT2D eigenvalue weighted by molar-refractivity contribution is 6.31. The molecule has 0 aliphatic carbocycles. The number of hydrogen-bond acceptors (Lipinski definition) is 8. The standard InChI is InChI=1S/C34H33ClFN7O5/c35-27-9-10-28(43-20-38-40-41-43)26(31(27)36)8-11-30(44)42-18-14-24-25(2-1-3-29(24)48-19-15-21-12-16-37-17-13-21)32(42)33(45)39-23-6-4-22(5-7-23)34(46)47/h1-11,20-21,32,37H,12-19H2,(H,39,45)(H,46,47)/b11-8+/t32-/m1/s1. The summed E-state index contributed by atoms with van der Waals surface area (Å²) in [7, 11) is 0. The number of hydrogen-bond donors (Lipinski definition) is 3. The number of anilines is 1. The predicted molar refractivity (Wildman–Crippen MR) is 175 cm³/mol. The molecule has 1 fully saturated rings. The SMILES string of the molecule is O=C(O)c1ccc(NC(=O)[C@H]2c3cccc(OCCC4CCNCC4)c3CCN2C(=O)/C=C/c2c(-n3cnnn3)ccc(Cl)c2F)cc1. The number of aromatic carboxylic acids is 1. The first kappa shape index (κ1) is 32.8. The molecule has 4 aromatic rings. The minimum Gasteiger partial charge on any atom is -0.493 e. The number of tetrazole rings is 1. The van der Waals surface area contributed by atoms with E-state index in [-0.39, 0.29) is 28.4 Å². The van der Waals surface area contributed by atoms with Gasteiger partial charge in [0.15, 0.2) is 5.82 Å². The van der Waals surface area contributed by atoms with Crippen molar-refractivity contribution in [1.29, 1.82) is 0 Å². The van der Waals surface area contributed by atoms with E-state index < -0.39 is 29.6 Å². The van der Waals surface area contributed by atoms with Gasteiger partial charge in [0.1, 0.15) is 18.1 Å². The van der Waals surface area contributed by atoms with Crippen LogP contribution >= 0.6 is 11.6 Å². The molecule has 3 aromatic carbocycles. The molecular weight excluding hydrogens is 641 g/mol. The highest BCUT2D eigenvalue weighted by Gasteiger charge is 2.37. The second-order valence-corrected chi connectivity index (χ2v) is 12.0. The largest absolute Gasteiger partial charge is 0.493 e. The van der Waals surface area contributed by atoms with Crippen molar-refractivity contribution in [2.45, 2.75) is 31.7 Å². The third-order valence-corrected chi connectivity index (χ3v) is 8.94. The number of fused-ring (bicyclic) bond motifs is 1. The number of carboxylic acid groups (broad SMARTS) is 1. The van der Waals surface area contributed by atoms with Gasteiger partial charge in [0, 0.05) is 29.4 Å². The van der Waals surface area contributed by atoms with Gasteiger partial charge >= 0.3 is 5.97 Å². The maximum atomic E-state index is 15.2. The van der Waals surface area contributed by atoms with Crippen molar-refractivity contribution in [1.82, 2.24) is 30.4 Å². The molecule has 0 radical (unpaired) electrons. The van der Waals surface area contributed by atoms with E-state index in [2.05, 4.69) is 26.2 Å².